The number of nitro benzene ring substituents is 1. The molecule has 2 aromatic carbocycles. The zero-order chi connectivity index (χ0) is 19.4. The van der Waals surface area contributed by atoms with Crippen LogP contribution in [0.15, 0.2) is 64.1 Å². The standard InChI is InChI=1S/C20H17N3O4/c1-13-4-3-5-15(10-13)20(24)22-21-12-17-7-9-19(27-17)18-8-6-16(23(25)26)11-14(18)2/h3-12H,1-2H3,(H,22,24)/b21-12-. The number of nitrogens with one attached hydrogen (secondary N) is 1. The van der Waals surface area contributed by atoms with Crippen molar-refractivity contribution in [1.29, 1.82) is 0 Å². The van der Waals surface area contributed by atoms with Crippen molar-refractivity contribution in [2.24, 2.45) is 5.10 Å². The largest absolute Gasteiger partial charge is 0.455 e. The van der Waals surface area contributed by atoms with Crippen LogP contribution in [-0.4, -0.2) is 17.0 Å². The third-order valence-corrected chi connectivity index (χ3v) is 3.95. The molecule has 0 aliphatic heterocycles. The summed E-state index contributed by atoms with van der Waals surface area (Å²) in [5, 5.41) is 14.7. The summed E-state index contributed by atoms with van der Waals surface area (Å²) in [7, 11) is 0. The van der Waals surface area contributed by atoms with Gasteiger partial charge in [-0.1, -0.05) is 17.7 Å². The summed E-state index contributed by atoms with van der Waals surface area (Å²) in [6.45, 7) is 3.69. The van der Waals surface area contributed by atoms with Crippen LogP contribution in [-0.2, 0) is 0 Å². The molecule has 1 aromatic heterocycles. The van der Waals surface area contributed by atoms with Gasteiger partial charge in [0.1, 0.15) is 11.5 Å². The highest BCUT2D eigenvalue weighted by Crippen LogP contribution is 2.28. The van der Waals surface area contributed by atoms with Gasteiger partial charge in [-0.3, -0.25) is 14.9 Å². The van der Waals surface area contributed by atoms with Crippen molar-refractivity contribution in [3.8, 4) is 11.3 Å². The van der Waals surface area contributed by atoms with Gasteiger partial charge in [0.2, 0.25) is 0 Å². The monoisotopic (exact) mass is 363 g/mol. The molecule has 136 valence electrons. The van der Waals surface area contributed by atoms with E-state index in [2.05, 4.69) is 10.5 Å². The number of non-ortho nitro benzene ring substituents is 1. The van der Waals surface area contributed by atoms with E-state index in [0.29, 0.717) is 17.1 Å². The lowest BCUT2D eigenvalue weighted by molar-refractivity contribution is -0.384. The smallest absolute Gasteiger partial charge is 0.271 e. The molecule has 0 spiro atoms. The van der Waals surface area contributed by atoms with Crippen LogP contribution < -0.4 is 5.43 Å². The SMILES string of the molecule is Cc1cccc(C(=O)N/N=C\c2ccc(-c3ccc([N+](=O)[O-])cc3C)o2)c1. The van der Waals surface area contributed by atoms with E-state index in [-0.39, 0.29) is 11.6 Å². The highest BCUT2D eigenvalue weighted by Gasteiger charge is 2.12. The van der Waals surface area contributed by atoms with Crippen molar-refractivity contribution in [1.82, 2.24) is 5.43 Å². The Kier molecular flexibility index (Phi) is 5.12. The van der Waals surface area contributed by atoms with Crippen LogP contribution in [0.5, 0.6) is 0 Å². The minimum atomic E-state index is -0.437. The van der Waals surface area contributed by atoms with Gasteiger partial charge in [-0.15, -0.1) is 0 Å². The van der Waals surface area contributed by atoms with Crippen LogP contribution in [0.2, 0.25) is 0 Å². The highest BCUT2D eigenvalue weighted by molar-refractivity contribution is 5.94. The van der Waals surface area contributed by atoms with Crippen LogP contribution in [0.25, 0.3) is 11.3 Å². The molecule has 0 radical (unpaired) electrons. The molecule has 3 aromatic rings. The van der Waals surface area contributed by atoms with Crippen molar-refractivity contribution in [2.45, 2.75) is 13.8 Å². The maximum atomic E-state index is 12.0. The summed E-state index contributed by atoms with van der Waals surface area (Å²) in [4.78, 5) is 22.4. The fourth-order valence-electron chi connectivity index (χ4n) is 2.61. The minimum Gasteiger partial charge on any atom is -0.455 e. The predicted molar refractivity (Wildman–Crippen MR) is 102 cm³/mol. The average molecular weight is 363 g/mol. The van der Waals surface area contributed by atoms with E-state index < -0.39 is 4.92 Å². The summed E-state index contributed by atoms with van der Waals surface area (Å²) in [6, 6.07) is 15.2. The van der Waals surface area contributed by atoms with Gasteiger partial charge in [0.05, 0.1) is 11.1 Å². The lowest BCUT2D eigenvalue weighted by atomic mass is 10.1. The molecule has 1 amide bonds. The zero-order valence-electron chi connectivity index (χ0n) is 14.8. The van der Waals surface area contributed by atoms with Crippen LogP contribution >= 0.6 is 0 Å². The number of amides is 1. The molecule has 1 heterocycles. The summed E-state index contributed by atoms with van der Waals surface area (Å²) in [5.41, 5.74) is 5.48. The molecule has 0 aliphatic carbocycles. The van der Waals surface area contributed by atoms with Crippen LogP contribution in [0.3, 0.4) is 0 Å². The second-order valence-corrected chi connectivity index (χ2v) is 6.03. The molecule has 7 heteroatoms. The molecule has 0 saturated carbocycles. The van der Waals surface area contributed by atoms with Crippen molar-refractivity contribution in [3.05, 3.63) is 87.2 Å². The molecule has 1 N–H and O–H groups in total. The number of nitrogens with zero attached hydrogens (tertiary/aromatic N) is 2. The summed E-state index contributed by atoms with van der Waals surface area (Å²) in [5.74, 6) is 0.703. The number of aryl methyl sites for hydroxylation is 2. The van der Waals surface area contributed by atoms with E-state index in [0.717, 1.165) is 16.7 Å². The van der Waals surface area contributed by atoms with E-state index in [4.69, 9.17) is 4.42 Å². The van der Waals surface area contributed by atoms with Crippen molar-refractivity contribution in [2.75, 3.05) is 0 Å². The van der Waals surface area contributed by atoms with Gasteiger partial charge in [0.15, 0.2) is 0 Å². The molecule has 7 nitrogen and oxygen atoms in total. The predicted octanol–water partition coefficient (Wildman–Crippen LogP) is 4.24. The lowest BCUT2D eigenvalue weighted by Crippen LogP contribution is -2.17. The average Bonchev–Trinajstić information content (AvgIpc) is 3.10. The van der Waals surface area contributed by atoms with Crippen LogP contribution in [0.4, 0.5) is 5.69 Å². The third kappa shape index (κ3) is 4.27. The highest BCUT2D eigenvalue weighted by atomic mass is 16.6. The fraction of sp³-hybridized carbons (Fsp3) is 0.100. The van der Waals surface area contributed by atoms with E-state index in [1.165, 1.54) is 18.3 Å². The number of hydrogen-bond acceptors (Lipinski definition) is 5. The second-order valence-electron chi connectivity index (χ2n) is 6.03. The Bertz CT molecular complexity index is 1040. The van der Waals surface area contributed by atoms with Crippen molar-refractivity contribution in [3.63, 3.8) is 0 Å². The Hall–Kier alpha value is -3.74. The molecule has 0 bridgehead atoms. The zero-order valence-corrected chi connectivity index (χ0v) is 14.8. The summed E-state index contributed by atoms with van der Waals surface area (Å²) >= 11 is 0. The Morgan fingerprint density at radius 3 is 2.67 bits per heavy atom. The Morgan fingerprint density at radius 1 is 1.15 bits per heavy atom. The first-order chi connectivity index (χ1) is 12.9. The molecule has 0 unspecified atom stereocenters. The Morgan fingerprint density at radius 2 is 1.96 bits per heavy atom. The first kappa shape index (κ1) is 18.1. The van der Waals surface area contributed by atoms with Crippen LogP contribution in [0, 0.1) is 24.0 Å². The quantitative estimate of drug-likeness (QED) is 0.416. The van der Waals surface area contributed by atoms with Gasteiger partial charge < -0.3 is 4.42 Å². The van der Waals surface area contributed by atoms with Gasteiger partial charge in [0, 0.05) is 23.3 Å². The summed E-state index contributed by atoms with van der Waals surface area (Å²) in [6.07, 6.45) is 1.40. The van der Waals surface area contributed by atoms with E-state index in [1.807, 2.05) is 13.0 Å². The number of carbonyl (C=O) groups is 1. The lowest BCUT2D eigenvalue weighted by Gasteiger charge is -2.02. The number of hydrogen-bond donors (Lipinski definition) is 1. The minimum absolute atomic E-state index is 0.0310. The molecular formula is C20H17N3O4. The molecule has 0 saturated heterocycles. The Balaban J connectivity index is 1.70. The van der Waals surface area contributed by atoms with Crippen LogP contribution in [0.1, 0.15) is 27.2 Å². The topological polar surface area (TPSA) is 97.7 Å². The van der Waals surface area contributed by atoms with Gasteiger partial charge in [-0.05, 0) is 49.7 Å². The fourth-order valence-corrected chi connectivity index (χ4v) is 2.61. The third-order valence-electron chi connectivity index (χ3n) is 3.95. The second kappa shape index (κ2) is 7.65. The molecule has 3 rings (SSSR count). The molecule has 27 heavy (non-hydrogen) atoms. The molecule has 0 aliphatic rings. The van der Waals surface area contributed by atoms with E-state index >= 15 is 0 Å². The number of furan rings is 1. The first-order valence-electron chi connectivity index (χ1n) is 8.19. The van der Waals surface area contributed by atoms with Crippen molar-refractivity contribution >= 4 is 17.8 Å². The van der Waals surface area contributed by atoms with Gasteiger partial charge >= 0.3 is 0 Å². The summed E-state index contributed by atoms with van der Waals surface area (Å²) < 4.78 is 5.69. The maximum absolute atomic E-state index is 12.0. The molecule has 0 fully saturated rings. The number of rotatable bonds is 5. The van der Waals surface area contributed by atoms with Gasteiger partial charge in [-0.2, -0.15) is 5.10 Å². The first-order valence-corrected chi connectivity index (χ1v) is 8.19. The van der Waals surface area contributed by atoms with E-state index in [1.54, 1.807) is 43.3 Å². The van der Waals surface area contributed by atoms with E-state index in [9.17, 15) is 14.9 Å². The van der Waals surface area contributed by atoms with Crippen molar-refractivity contribution < 1.29 is 14.1 Å². The number of hydrazone groups is 1. The molecular weight excluding hydrogens is 346 g/mol. The maximum Gasteiger partial charge on any atom is 0.271 e. The number of carbonyl (C=O) groups excluding carboxylic acids is 1. The molecule has 0 atom stereocenters. The van der Waals surface area contributed by atoms with Gasteiger partial charge in [0.25, 0.3) is 11.6 Å². The number of benzene rings is 2. The Labute approximate surface area is 155 Å². The number of nitro groups is 1. The van der Waals surface area contributed by atoms with Gasteiger partial charge in [-0.25, -0.2) is 5.43 Å². The normalized spacial score (nSPS) is 10.9.